The highest BCUT2D eigenvalue weighted by molar-refractivity contribution is 7.17. The van der Waals surface area contributed by atoms with Crippen LogP contribution in [0.4, 0.5) is 0 Å². The van der Waals surface area contributed by atoms with Gasteiger partial charge in [0.1, 0.15) is 10.7 Å². The molecule has 2 aromatic heterocycles. The van der Waals surface area contributed by atoms with E-state index < -0.39 is 0 Å². The van der Waals surface area contributed by atoms with Gasteiger partial charge in [-0.1, -0.05) is 74.5 Å². The van der Waals surface area contributed by atoms with Crippen molar-refractivity contribution in [2.45, 2.75) is 26.4 Å². The zero-order valence-electron chi connectivity index (χ0n) is 16.0. The maximum atomic E-state index is 12.8. The highest BCUT2D eigenvalue weighted by Gasteiger charge is 2.17. The van der Waals surface area contributed by atoms with Crippen molar-refractivity contribution in [2.24, 2.45) is 5.92 Å². The molecule has 0 saturated carbocycles. The first-order valence-corrected chi connectivity index (χ1v) is 10.4. The van der Waals surface area contributed by atoms with E-state index in [9.17, 15) is 4.79 Å². The molecule has 0 amide bonds. The van der Waals surface area contributed by atoms with Gasteiger partial charge in [0, 0.05) is 17.0 Å². The van der Waals surface area contributed by atoms with Gasteiger partial charge in [-0.05, 0) is 17.0 Å². The monoisotopic (exact) mass is 389 g/mol. The van der Waals surface area contributed by atoms with Crippen LogP contribution in [0.15, 0.2) is 70.8 Å². The number of hydrogen-bond acceptors (Lipinski definition) is 4. The number of nitrogens with zero attached hydrogens (tertiary/aromatic N) is 1. The zero-order chi connectivity index (χ0) is 19.5. The predicted octanol–water partition coefficient (Wildman–Crippen LogP) is 5.14. The van der Waals surface area contributed by atoms with Gasteiger partial charge in [-0.15, -0.1) is 11.3 Å². The number of rotatable bonds is 6. The number of hydrogen-bond donors (Lipinski definition) is 2. The van der Waals surface area contributed by atoms with Crippen LogP contribution < -0.4 is 10.9 Å². The van der Waals surface area contributed by atoms with Gasteiger partial charge in [0.15, 0.2) is 0 Å². The fourth-order valence-corrected chi connectivity index (χ4v) is 4.48. The van der Waals surface area contributed by atoms with E-state index in [1.54, 1.807) is 0 Å². The summed E-state index contributed by atoms with van der Waals surface area (Å²) in [5, 5.41) is 6.24. The third-order valence-electron chi connectivity index (χ3n) is 4.89. The molecular weight excluding hydrogens is 366 g/mol. The molecule has 0 bridgehead atoms. The second kappa shape index (κ2) is 8.09. The Morgan fingerprint density at radius 1 is 1.04 bits per heavy atom. The zero-order valence-corrected chi connectivity index (χ0v) is 16.8. The lowest BCUT2D eigenvalue weighted by Gasteiger charge is -2.22. The number of thiophene rings is 1. The van der Waals surface area contributed by atoms with Crippen molar-refractivity contribution in [1.82, 2.24) is 15.3 Å². The molecule has 2 heterocycles. The van der Waals surface area contributed by atoms with Crippen LogP contribution in [0, 0.1) is 5.92 Å². The number of H-pyrrole nitrogens is 1. The lowest BCUT2D eigenvalue weighted by molar-refractivity contribution is 0.406. The third kappa shape index (κ3) is 3.77. The summed E-state index contributed by atoms with van der Waals surface area (Å²) >= 11 is 1.52. The highest BCUT2D eigenvalue weighted by atomic mass is 32.1. The Balaban J connectivity index is 1.61. The molecule has 28 heavy (non-hydrogen) atoms. The molecule has 2 N–H and O–H groups in total. The molecule has 0 fully saturated rings. The maximum absolute atomic E-state index is 12.8. The molecule has 0 saturated heterocycles. The molecule has 0 aliphatic heterocycles. The lowest BCUT2D eigenvalue weighted by atomic mass is 9.96. The van der Waals surface area contributed by atoms with Crippen molar-refractivity contribution >= 4 is 21.6 Å². The molecule has 1 atom stereocenters. The fourth-order valence-electron chi connectivity index (χ4n) is 3.51. The number of fused-ring (bicyclic) bond motifs is 1. The smallest absolute Gasteiger partial charge is 0.260 e. The molecular formula is C23H23N3OS. The summed E-state index contributed by atoms with van der Waals surface area (Å²) in [6.45, 7) is 4.90. The van der Waals surface area contributed by atoms with Crippen LogP contribution in [-0.2, 0) is 6.54 Å². The van der Waals surface area contributed by atoms with Crippen LogP contribution >= 0.6 is 11.3 Å². The maximum Gasteiger partial charge on any atom is 0.260 e. The van der Waals surface area contributed by atoms with Crippen LogP contribution in [0.25, 0.3) is 21.3 Å². The molecule has 4 aromatic rings. The summed E-state index contributed by atoms with van der Waals surface area (Å²) in [5.74, 6) is 1.09. The van der Waals surface area contributed by atoms with E-state index in [0.717, 1.165) is 16.0 Å². The number of aromatic amines is 1. The van der Waals surface area contributed by atoms with E-state index >= 15 is 0 Å². The van der Waals surface area contributed by atoms with Crippen LogP contribution in [0.3, 0.4) is 0 Å². The molecule has 0 aliphatic rings. The lowest BCUT2D eigenvalue weighted by Crippen LogP contribution is -2.27. The quantitative estimate of drug-likeness (QED) is 0.480. The van der Waals surface area contributed by atoms with Gasteiger partial charge < -0.3 is 10.3 Å². The number of aromatic nitrogens is 2. The van der Waals surface area contributed by atoms with Crippen molar-refractivity contribution in [3.05, 3.63) is 87.8 Å². The van der Waals surface area contributed by atoms with Crippen molar-refractivity contribution < 1.29 is 0 Å². The minimum absolute atomic E-state index is 0.0808. The highest BCUT2D eigenvalue weighted by Crippen LogP contribution is 2.30. The number of benzene rings is 2. The standard InChI is InChI=1S/C23H23N3OS/c1-15(2)21(17-11-7-4-8-12-17)24-13-19-25-22(27)20-18(14-28-23(20)26-19)16-9-5-3-6-10-16/h3-12,14-15,21,24H,13H2,1-2H3,(H,25,26,27). The van der Waals surface area contributed by atoms with E-state index in [0.29, 0.717) is 23.7 Å². The Morgan fingerprint density at radius 2 is 1.71 bits per heavy atom. The minimum atomic E-state index is -0.0808. The van der Waals surface area contributed by atoms with Crippen LogP contribution in [0.1, 0.15) is 31.3 Å². The van der Waals surface area contributed by atoms with Gasteiger partial charge in [-0.2, -0.15) is 0 Å². The average molecular weight is 390 g/mol. The first-order chi connectivity index (χ1) is 13.6. The van der Waals surface area contributed by atoms with Crippen LogP contribution in [0.5, 0.6) is 0 Å². The van der Waals surface area contributed by atoms with E-state index in [4.69, 9.17) is 4.98 Å². The Kier molecular flexibility index (Phi) is 5.37. The van der Waals surface area contributed by atoms with Crippen molar-refractivity contribution in [2.75, 3.05) is 0 Å². The van der Waals surface area contributed by atoms with Crippen LogP contribution in [0.2, 0.25) is 0 Å². The van der Waals surface area contributed by atoms with Gasteiger partial charge in [-0.25, -0.2) is 4.98 Å². The second-order valence-electron chi connectivity index (χ2n) is 7.22. The molecule has 5 heteroatoms. The number of nitrogens with one attached hydrogen (secondary N) is 2. The summed E-state index contributed by atoms with van der Waals surface area (Å²) < 4.78 is 0. The van der Waals surface area contributed by atoms with E-state index in [-0.39, 0.29) is 11.6 Å². The second-order valence-corrected chi connectivity index (χ2v) is 8.08. The minimum Gasteiger partial charge on any atom is -0.309 e. The summed E-state index contributed by atoms with van der Waals surface area (Å²) in [5.41, 5.74) is 3.14. The molecule has 142 valence electrons. The van der Waals surface area contributed by atoms with Crippen molar-refractivity contribution in [3.63, 3.8) is 0 Å². The predicted molar refractivity (Wildman–Crippen MR) is 117 cm³/mol. The van der Waals surface area contributed by atoms with Gasteiger partial charge in [0.05, 0.1) is 11.9 Å². The van der Waals surface area contributed by atoms with Gasteiger partial charge in [-0.3, -0.25) is 4.79 Å². The molecule has 0 radical (unpaired) electrons. The topological polar surface area (TPSA) is 57.8 Å². The molecule has 4 rings (SSSR count). The van der Waals surface area contributed by atoms with Crippen LogP contribution in [-0.4, -0.2) is 9.97 Å². The van der Waals surface area contributed by atoms with E-state index in [2.05, 4.69) is 48.4 Å². The Labute approximate surface area is 168 Å². The normalized spacial score (nSPS) is 12.5. The fraction of sp³-hybridized carbons (Fsp3) is 0.217. The summed E-state index contributed by atoms with van der Waals surface area (Å²) in [6, 6.07) is 20.5. The largest absolute Gasteiger partial charge is 0.309 e. The van der Waals surface area contributed by atoms with E-state index in [1.165, 1.54) is 16.9 Å². The third-order valence-corrected chi connectivity index (χ3v) is 5.76. The van der Waals surface area contributed by atoms with Crippen molar-refractivity contribution in [3.8, 4) is 11.1 Å². The van der Waals surface area contributed by atoms with Gasteiger partial charge in [0.2, 0.25) is 0 Å². The molecule has 4 nitrogen and oxygen atoms in total. The van der Waals surface area contributed by atoms with Gasteiger partial charge in [0.25, 0.3) is 5.56 Å². The van der Waals surface area contributed by atoms with Crippen molar-refractivity contribution in [1.29, 1.82) is 0 Å². The molecule has 2 aromatic carbocycles. The Hall–Kier alpha value is -2.76. The molecule has 0 aliphatic carbocycles. The van der Waals surface area contributed by atoms with E-state index in [1.807, 2.05) is 41.8 Å². The first-order valence-electron chi connectivity index (χ1n) is 9.47. The molecule has 0 spiro atoms. The average Bonchev–Trinajstić information content (AvgIpc) is 3.14. The Bertz CT molecular complexity index is 1120. The summed E-state index contributed by atoms with van der Waals surface area (Å²) in [4.78, 5) is 21.2. The first kappa shape index (κ1) is 18.6. The molecule has 1 unspecified atom stereocenters. The van der Waals surface area contributed by atoms with Gasteiger partial charge >= 0.3 is 0 Å². The summed E-state index contributed by atoms with van der Waals surface area (Å²) in [6.07, 6.45) is 0. The Morgan fingerprint density at radius 3 is 2.39 bits per heavy atom. The summed E-state index contributed by atoms with van der Waals surface area (Å²) in [7, 11) is 0. The SMILES string of the molecule is CC(C)C(NCc1nc2scc(-c3ccccc3)c2c(=O)[nH]1)c1ccccc1.